The Balaban J connectivity index is 2.85. The first-order valence-electron chi connectivity index (χ1n) is 3.79. The molecule has 0 unspecified atom stereocenters. The highest BCUT2D eigenvalue weighted by atomic mass is 35.5. The second kappa shape index (κ2) is 4.16. The summed E-state index contributed by atoms with van der Waals surface area (Å²) in [7, 11) is -0.886. The highest BCUT2D eigenvalue weighted by Crippen LogP contribution is 2.17. The van der Waals surface area contributed by atoms with Crippen molar-refractivity contribution in [3.8, 4) is 5.75 Å². The van der Waals surface area contributed by atoms with E-state index in [0.717, 1.165) is 4.31 Å². The van der Waals surface area contributed by atoms with E-state index in [4.69, 9.17) is 15.8 Å². The zero-order valence-corrected chi connectivity index (χ0v) is 9.34. The van der Waals surface area contributed by atoms with E-state index in [1.165, 1.54) is 26.2 Å². The van der Waals surface area contributed by atoms with Crippen molar-refractivity contribution in [1.29, 1.82) is 0 Å². The molecule has 0 aliphatic rings. The van der Waals surface area contributed by atoms with Crippen LogP contribution < -0.4 is 4.18 Å². The normalized spacial score (nSPS) is 11.7. The first kappa shape index (κ1) is 11.3. The van der Waals surface area contributed by atoms with E-state index >= 15 is 0 Å². The SMILES string of the molecule is CN(C)S(=O)(=O)Oc1ccc(Cl)cc1. The van der Waals surface area contributed by atoms with Crippen molar-refractivity contribution in [3.63, 3.8) is 0 Å². The Kier molecular flexibility index (Phi) is 3.36. The number of rotatable bonds is 3. The molecule has 78 valence electrons. The second-order valence-electron chi connectivity index (χ2n) is 2.78. The van der Waals surface area contributed by atoms with Gasteiger partial charge in [0.05, 0.1) is 0 Å². The third-order valence-corrected chi connectivity index (χ3v) is 3.01. The smallest absolute Gasteiger partial charge is 0.371 e. The molecule has 14 heavy (non-hydrogen) atoms. The molecule has 0 aromatic heterocycles. The molecule has 0 aliphatic carbocycles. The Morgan fingerprint density at radius 2 is 1.71 bits per heavy atom. The third kappa shape index (κ3) is 2.87. The molecule has 0 radical (unpaired) electrons. The minimum Gasteiger partial charge on any atom is -0.371 e. The van der Waals surface area contributed by atoms with Gasteiger partial charge >= 0.3 is 10.3 Å². The van der Waals surface area contributed by atoms with Crippen molar-refractivity contribution >= 4 is 21.9 Å². The lowest BCUT2D eigenvalue weighted by Gasteiger charge is -2.11. The summed E-state index contributed by atoms with van der Waals surface area (Å²) in [6.45, 7) is 0. The molecule has 0 N–H and O–H groups in total. The van der Waals surface area contributed by atoms with Crippen molar-refractivity contribution in [3.05, 3.63) is 29.3 Å². The van der Waals surface area contributed by atoms with Gasteiger partial charge in [-0.1, -0.05) is 11.6 Å². The van der Waals surface area contributed by atoms with Gasteiger partial charge in [-0.2, -0.15) is 12.7 Å². The van der Waals surface area contributed by atoms with E-state index in [-0.39, 0.29) is 5.75 Å². The van der Waals surface area contributed by atoms with Gasteiger partial charge < -0.3 is 4.18 Å². The van der Waals surface area contributed by atoms with Crippen LogP contribution in [0.1, 0.15) is 0 Å². The van der Waals surface area contributed by atoms with E-state index in [0.29, 0.717) is 5.02 Å². The predicted octanol–water partition coefficient (Wildman–Crippen LogP) is 1.53. The fourth-order valence-corrected chi connectivity index (χ4v) is 1.32. The lowest BCUT2D eigenvalue weighted by molar-refractivity contribution is 0.421. The van der Waals surface area contributed by atoms with E-state index in [1.54, 1.807) is 12.1 Å². The van der Waals surface area contributed by atoms with Crippen LogP contribution in [0.15, 0.2) is 24.3 Å². The third-order valence-electron chi connectivity index (χ3n) is 1.46. The minimum atomic E-state index is -3.67. The van der Waals surface area contributed by atoms with Crippen LogP contribution in [0.4, 0.5) is 0 Å². The van der Waals surface area contributed by atoms with Gasteiger partial charge in [0.25, 0.3) is 0 Å². The van der Waals surface area contributed by atoms with Crippen LogP contribution in [0.2, 0.25) is 5.02 Å². The number of halogens is 1. The van der Waals surface area contributed by atoms with Gasteiger partial charge in [-0.3, -0.25) is 0 Å². The lowest BCUT2D eigenvalue weighted by Crippen LogP contribution is -2.26. The summed E-state index contributed by atoms with van der Waals surface area (Å²) in [5.41, 5.74) is 0. The van der Waals surface area contributed by atoms with E-state index in [1.807, 2.05) is 0 Å². The Labute approximate surface area is 88.3 Å². The Hall–Kier alpha value is -0.780. The zero-order valence-electron chi connectivity index (χ0n) is 7.77. The van der Waals surface area contributed by atoms with Crippen LogP contribution in [0.5, 0.6) is 5.75 Å². The molecule has 0 saturated heterocycles. The standard InChI is InChI=1S/C8H10ClNO3S/c1-10(2)14(11,12)13-8-5-3-7(9)4-6-8/h3-6H,1-2H3. The highest BCUT2D eigenvalue weighted by molar-refractivity contribution is 7.84. The van der Waals surface area contributed by atoms with Gasteiger partial charge in [0.1, 0.15) is 5.75 Å². The maximum atomic E-state index is 11.3. The van der Waals surface area contributed by atoms with Gasteiger partial charge in [0.2, 0.25) is 0 Å². The summed E-state index contributed by atoms with van der Waals surface area (Å²) >= 11 is 5.63. The molecule has 1 rings (SSSR count). The Bertz CT molecular complexity index is 399. The molecule has 0 saturated carbocycles. The molecule has 1 aromatic carbocycles. The van der Waals surface area contributed by atoms with Crippen molar-refractivity contribution in [1.82, 2.24) is 4.31 Å². The van der Waals surface area contributed by atoms with Crippen LogP contribution in [-0.4, -0.2) is 26.8 Å². The molecular weight excluding hydrogens is 226 g/mol. The summed E-state index contributed by atoms with van der Waals surface area (Å²) in [6, 6.07) is 6.09. The van der Waals surface area contributed by atoms with Crippen LogP contribution in [0.25, 0.3) is 0 Å². The number of benzene rings is 1. The van der Waals surface area contributed by atoms with Crippen LogP contribution >= 0.6 is 11.6 Å². The molecule has 0 amide bonds. The molecule has 0 spiro atoms. The summed E-state index contributed by atoms with van der Waals surface area (Å²) in [6.07, 6.45) is 0. The van der Waals surface area contributed by atoms with Gasteiger partial charge in [-0.05, 0) is 24.3 Å². The molecular formula is C8H10ClNO3S. The van der Waals surface area contributed by atoms with Gasteiger partial charge in [-0.25, -0.2) is 0 Å². The first-order valence-corrected chi connectivity index (χ1v) is 5.53. The first-order chi connectivity index (χ1) is 6.42. The molecule has 1 aromatic rings. The maximum Gasteiger partial charge on any atom is 0.384 e. The summed E-state index contributed by atoms with van der Waals surface area (Å²) in [5, 5.41) is 0.527. The van der Waals surface area contributed by atoms with Gasteiger partial charge in [-0.15, -0.1) is 0 Å². The van der Waals surface area contributed by atoms with E-state index in [9.17, 15) is 8.42 Å². The number of nitrogens with zero attached hydrogens (tertiary/aromatic N) is 1. The quantitative estimate of drug-likeness (QED) is 0.798. The highest BCUT2D eigenvalue weighted by Gasteiger charge is 2.15. The Morgan fingerprint density at radius 1 is 1.21 bits per heavy atom. The van der Waals surface area contributed by atoms with E-state index in [2.05, 4.69) is 0 Å². The van der Waals surface area contributed by atoms with Gasteiger partial charge in [0, 0.05) is 19.1 Å². The van der Waals surface area contributed by atoms with E-state index < -0.39 is 10.3 Å². The minimum absolute atomic E-state index is 0.239. The van der Waals surface area contributed by atoms with Crippen LogP contribution in [0, 0.1) is 0 Å². The van der Waals surface area contributed by atoms with Crippen molar-refractivity contribution in [2.45, 2.75) is 0 Å². The largest absolute Gasteiger partial charge is 0.384 e. The summed E-state index contributed by atoms with van der Waals surface area (Å²) in [4.78, 5) is 0. The fraction of sp³-hybridized carbons (Fsp3) is 0.250. The molecule has 0 atom stereocenters. The molecule has 6 heteroatoms. The van der Waals surface area contributed by atoms with Gasteiger partial charge in [0.15, 0.2) is 0 Å². The average molecular weight is 236 g/mol. The van der Waals surface area contributed by atoms with Crippen molar-refractivity contribution in [2.24, 2.45) is 0 Å². The number of hydrogen-bond acceptors (Lipinski definition) is 3. The molecule has 4 nitrogen and oxygen atoms in total. The molecule has 0 aliphatic heterocycles. The zero-order chi connectivity index (χ0) is 10.8. The fourth-order valence-electron chi connectivity index (χ4n) is 0.686. The topological polar surface area (TPSA) is 46.6 Å². The Morgan fingerprint density at radius 3 is 2.14 bits per heavy atom. The molecule has 0 bridgehead atoms. The maximum absolute atomic E-state index is 11.3. The summed E-state index contributed by atoms with van der Waals surface area (Å²) in [5.74, 6) is 0.239. The second-order valence-corrected chi connectivity index (χ2v) is 4.97. The number of hydrogen-bond donors (Lipinski definition) is 0. The molecule has 0 fully saturated rings. The average Bonchev–Trinajstić information content (AvgIpc) is 2.08. The monoisotopic (exact) mass is 235 g/mol. The van der Waals surface area contributed by atoms with Crippen LogP contribution in [0.3, 0.4) is 0 Å². The van der Waals surface area contributed by atoms with Crippen LogP contribution in [-0.2, 0) is 10.3 Å². The van der Waals surface area contributed by atoms with Crippen molar-refractivity contribution < 1.29 is 12.6 Å². The lowest BCUT2D eigenvalue weighted by atomic mass is 10.3. The van der Waals surface area contributed by atoms with Crippen molar-refractivity contribution in [2.75, 3.05) is 14.1 Å². The molecule has 0 heterocycles. The predicted molar refractivity (Wildman–Crippen MR) is 54.7 cm³/mol. The summed E-state index contributed by atoms with van der Waals surface area (Å²) < 4.78 is 28.3.